The summed E-state index contributed by atoms with van der Waals surface area (Å²) in [5.74, 6) is 0. The SMILES string of the molecule is CC(C)N(CCCO)S(=O)(=O)c1ccn[nH]1. The van der Waals surface area contributed by atoms with Crippen molar-refractivity contribution in [3.8, 4) is 0 Å². The molecule has 7 heteroatoms. The summed E-state index contributed by atoms with van der Waals surface area (Å²) in [4.78, 5) is 0. The number of H-pyrrole nitrogens is 1. The van der Waals surface area contributed by atoms with Crippen LogP contribution in [0.1, 0.15) is 20.3 Å². The minimum Gasteiger partial charge on any atom is -0.396 e. The van der Waals surface area contributed by atoms with E-state index in [1.54, 1.807) is 13.8 Å². The van der Waals surface area contributed by atoms with Crippen LogP contribution in [0.3, 0.4) is 0 Å². The number of aromatic amines is 1. The number of nitrogens with one attached hydrogen (secondary N) is 1. The van der Waals surface area contributed by atoms with Gasteiger partial charge in [-0.3, -0.25) is 5.10 Å². The van der Waals surface area contributed by atoms with Crippen LogP contribution >= 0.6 is 0 Å². The van der Waals surface area contributed by atoms with Gasteiger partial charge in [0.2, 0.25) is 0 Å². The average molecular weight is 247 g/mol. The van der Waals surface area contributed by atoms with Crippen molar-refractivity contribution in [2.24, 2.45) is 0 Å². The van der Waals surface area contributed by atoms with Gasteiger partial charge in [-0.1, -0.05) is 0 Å². The maximum atomic E-state index is 12.1. The predicted octanol–water partition coefficient (Wildman–Crippen LogP) is 0.191. The average Bonchev–Trinajstić information content (AvgIpc) is 2.70. The molecule has 0 aromatic carbocycles. The Bertz CT molecular complexity index is 400. The molecular weight excluding hydrogens is 230 g/mol. The standard InChI is InChI=1S/C9H17N3O3S/c1-8(2)12(6-3-7-13)16(14,15)9-4-5-10-11-9/h4-5,8,13H,3,6-7H2,1-2H3,(H,10,11). The van der Waals surface area contributed by atoms with Crippen LogP contribution < -0.4 is 0 Å². The van der Waals surface area contributed by atoms with Gasteiger partial charge in [-0.05, 0) is 26.3 Å². The fourth-order valence-corrected chi connectivity index (χ4v) is 2.97. The fraction of sp³-hybridized carbons (Fsp3) is 0.667. The maximum Gasteiger partial charge on any atom is 0.260 e. The highest BCUT2D eigenvalue weighted by atomic mass is 32.2. The summed E-state index contributed by atoms with van der Waals surface area (Å²) < 4.78 is 25.6. The van der Waals surface area contributed by atoms with E-state index in [1.165, 1.54) is 16.6 Å². The molecule has 92 valence electrons. The van der Waals surface area contributed by atoms with Crippen LogP contribution in [0, 0.1) is 0 Å². The lowest BCUT2D eigenvalue weighted by molar-refractivity contribution is 0.258. The monoisotopic (exact) mass is 247 g/mol. The second kappa shape index (κ2) is 5.42. The van der Waals surface area contributed by atoms with Gasteiger partial charge in [0.1, 0.15) is 0 Å². The molecule has 1 aromatic heterocycles. The Morgan fingerprint density at radius 3 is 2.69 bits per heavy atom. The number of rotatable bonds is 6. The Morgan fingerprint density at radius 2 is 2.25 bits per heavy atom. The van der Waals surface area contributed by atoms with E-state index in [2.05, 4.69) is 10.2 Å². The number of aliphatic hydroxyl groups excluding tert-OH is 1. The van der Waals surface area contributed by atoms with Gasteiger partial charge >= 0.3 is 0 Å². The predicted molar refractivity (Wildman–Crippen MR) is 59.3 cm³/mol. The quantitative estimate of drug-likeness (QED) is 0.751. The van der Waals surface area contributed by atoms with Crippen LogP contribution in [0.25, 0.3) is 0 Å². The Hall–Kier alpha value is -0.920. The first kappa shape index (κ1) is 13.1. The molecule has 6 nitrogen and oxygen atoms in total. The summed E-state index contributed by atoms with van der Waals surface area (Å²) in [7, 11) is -3.53. The molecule has 0 saturated carbocycles. The molecule has 0 aliphatic carbocycles. The molecular formula is C9H17N3O3S. The van der Waals surface area contributed by atoms with Crippen LogP contribution in [0.15, 0.2) is 17.3 Å². The number of hydrogen-bond donors (Lipinski definition) is 2. The molecule has 0 aliphatic heterocycles. The Labute approximate surface area is 95.3 Å². The molecule has 0 aliphatic rings. The fourth-order valence-electron chi connectivity index (χ4n) is 1.40. The highest BCUT2D eigenvalue weighted by Gasteiger charge is 2.27. The zero-order chi connectivity index (χ0) is 12.2. The topological polar surface area (TPSA) is 86.3 Å². The largest absolute Gasteiger partial charge is 0.396 e. The molecule has 1 aromatic rings. The maximum absolute atomic E-state index is 12.1. The van der Waals surface area contributed by atoms with Crippen LogP contribution in [0.4, 0.5) is 0 Å². The lowest BCUT2D eigenvalue weighted by Gasteiger charge is -2.24. The van der Waals surface area contributed by atoms with Crippen molar-refractivity contribution in [3.63, 3.8) is 0 Å². The van der Waals surface area contributed by atoms with Crippen LogP contribution in [0.5, 0.6) is 0 Å². The van der Waals surface area contributed by atoms with E-state index in [1.807, 2.05) is 0 Å². The van der Waals surface area contributed by atoms with Crippen molar-refractivity contribution < 1.29 is 13.5 Å². The lowest BCUT2D eigenvalue weighted by Crippen LogP contribution is -2.38. The van der Waals surface area contributed by atoms with E-state index >= 15 is 0 Å². The van der Waals surface area contributed by atoms with Gasteiger partial charge in [0.25, 0.3) is 10.0 Å². The zero-order valence-electron chi connectivity index (χ0n) is 9.42. The second-order valence-corrected chi connectivity index (χ2v) is 5.57. The number of hydrogen-bond acceptors (Lipinski definition) is 4. The van der Waals surface area contributed by atoms with Crippen molar-refractivity contribution in [2.45, 2.75) is 31.3 Å². The first-order chi connectivity index (χ1) is 7.50. The second-order valence-electron chi connectivity index (χ2n) is 3.71. The van der Waals surface area contributed by atoms with E-state index in [0.29, 0.717) is 13.0 Å². The summed E-state index contributed by atoms with van der Waals surface area (Å²) in [6.45, 7) is 3.87. The van der Waals surface area contributed by atoms with Gasteiger partial charge in [0, 0.05) is 19.2 Å². The first-order valence-corrected chi connectivity index (χ1v) is 6.56. The van der Waals surface area contributed by atoms with Gasteiger partial charge in [-0.25, -0.2) is 8.42 Å². The van der Waals surface area contributed by atoms with E-state index in [9.17, 15) is 8.42 Å². The van der Waals surface area contributed by atoms with Crippen LogP contribution in [-0.2, 0) is 10.0 Å². The van der Waals surface area contributed by atoms with Gasteiger partial charge in [-0.2, -0.15) is 9.40 Å². The molecule has 0 atom stereocenters. The minimum absolute atomic E-state index is 0.0261. The minimum atomic E-state index is -3.53. The van der Waals surface area contributed by atoms with E-state index < -0.39 is 10.0 Å². The first-order valence-electron chi connectivity index (χ1n) is 5.12. The van der Waals surface area contributed by atoms with E-state index in [4.69, 9.17) is 5.11 Å². The van der Waals surface area contributed by atoms with Crippen molar-refractivity contribution in [1.82, 2.24) is 14.5 Å². The van der Waals surface area contributed by atoms with Crippen LogP contribution in [-0.4, -0.2) is 47.2 Å². The summed E-state index contributed by atoms with van der Waals surface area (Å²) in [6.07, 6.45) is 1.82. The third-order valence-corrected chi connectivity index (χ3v) is 4.18. The van der Waals surface area contributed by atoms with Crippen molar-refractivity contribution >= 4 is 10.0 Å². The van der Waals surface area contributed by atoms with Crippen molar-refractivity contribution in [2.75, 3.05) is 13.2 Å². The summed E-state index contributed by atoms with van der Waals surface area (Å²) in [6, 6.07) is 1.27. The van der Waals surface area contributed by atoms with E-state index in [-0.39, 0.29) is 17.7 Å². The van der Waals surface area contributed by atoms with Crippen molar-refractivity contribution in [3.05, 3.63) is 12.3 Å². The molecule has 0 fully saturated rings. The molecule has 0 amide bonds. The van der Waals surface area contributed by atoms with Gasteiger partial charge in [0.15, 0.2) is 5.03 Å². The Balaban J connectivity index is 2.94. The molecule has 1 rings (SSSR count). The Morgan fingerprint density at radius 1 is 1.56 bits per heavy atom. The molecule has 0 saturated heterocycles. The van der Waals surface area contributed by atoms with Crippen molar-refractivity contribution in [1.29, 1.82) is 0 Å². The zero-order valence-corrected chi connectivity index (χ0v) is 10.2. The highest BCUT2D eigenvalue weighted by Crippen LogP contribution is 2.15. The third kappa shape index (κ3) is 2.81. The number of nitrogens with zero attached hydrogens (tertiary/aromatic N) is 2. The van der Waals surface area contributed by atoms with Gasteiger partial charge in [0.05, 0.1) is 6.20 Å². The summed E-state index contributed by atoms with van der Waals surface area (Å²) >= 11 is 0. The number of sulfonamides is 1. The Kier molecular flexibility index (Phi) is 4.45. The van der Waals surface area contributed by atoms with Crippen LogP contribution in [0.2, 0.25) is 0 Å². The molecule has 16 heavy (non-hydrogen) atoms. The summed E-state index contributed by atoms with van der Waals surface area (Å²) in [5, 5.41) is 14.9. The highest BCUT2D eigenvalue weighted by molar-refractivity contribution is 7.89. The molecule has 0 unspecified atom stereocenters. The molecule has 0 bridgehead atoms. The van der Waals surface area contributed by atoms with Gasteiger partial charge in [-0.15, -0.1) is 0 Å². The number of aliphatic hydroxyl groups is 1. The molecule has 0 radical (unpaired) electrons. The molecule has 0 spiro atoms. The summed E-state index contributed by atoms with van der Waals surface area (Å²) in [5.41, 5.74) is 0. The number of aromatic nitrogens is 2. The van der Waals surface area contributed by atoms with Gasteiger partial charge < -0.3 is 5.11 Å². The smallest absolute Gasteiger partial charge is 0.260 e. The van der Waals surface area contributed by atoms with E-state index in [0.717, 1.165) is 0 Å². The molecule has 1 heterocycles. The molecule has 2 N–H and O–H groups in total. The normalized spacial score (nSPS) is 12.6. The third-order valence-electron chi connectivity index (χ3n) is 2.17. The lowest BCUT2D eigenvalue weighted by atomic mass is 10.3.